The fourth-order valence-electron chi connectivity index (χ4n) is 2.41. The van der Waals surface area contributed by atoms with E-state index < -0.39 is 5.91 Å². The fourth-order valence-corrected chi connectivity index (χ4v) is 2.41. The molecule has 0 aliphatic carbocycles. The molecular weight excluding hydrogens is 339 g/mol. The number of hydrogen-bond donors (Lipinski definition) is 1. The van der Waals surface area contributed by atoms with E-state index in [4.69, 9.17) is 4.42 Å². The van der Waals surface area contributed by atoms with Gasteiger partial charge in [0.15, 0.2) is 0 Å². The maximum Gasteiger partial charge on any atom is 0.251 e. The van der Waals surface area contributed by atoms with Crippen molar-refractivity contribution in [1.29, 1.82) is 0 Å². The molecule has 2 aromatic heterocycles. The SMILES string of the molecule is CCc1nnc(-c2ccc(=O)n(CC(=O)Nc3ccc(F)cc3C)c2)o1. The van der Waals surface area contributed by atoms with Crippen LogP contribution in [0.25, 0.3) is 11.5 Å². The number of aryl methyl sites for hydroxylation is 2. The number of aromatic nitrogens is 3. The molecule has 0 aliphatic heterocycles. The summed E-state index contributed by atoms with van der Waals surface area (Å²) in [5.41, 5.74) is 1.29. The van der Waals surface area contributed by atoms with Gasteiger partial charge in [-0.05, 0) is 36.8 Å². The molecule has 3 rings (SSSR count). The van der Waals surface area contributed by atoms with Gasteiger partial charge in [-0.3, -0.25) is 9.59 Å². The molecule has 1 N–H and O–H groups in total. The van der Waals surface area contributed by atoms with Crippen molar-refractivity contribution in [2.45, 2.75) is 26.8 Å². The van der Waals surface area contributed by atoms with Gasteiger partial charge in [0.25, 0.3) is 5.56 Å². The second-order valence-electron chi connectivity index (χ2n) is 5.75. The molecule has 0 fully saturated rings. The van der Waals surface area contributed by atoms with Gasteiger partial charge in [-0.2, -0.15) is 0 Å². The van der Waals surface area contributed by atoms with Gasteiger partial charge in [0, 0.05) is 24.4 Å². The second kappa shape index (κ2) is 7.30. The summed E-state index contributed by atoms with van der Waals surface area (Å²) in [6.45, 7) is 3.38. The monoisotopic (exact) mass is 356 g/mol. The van der Waals surface area contributed by atoms with Crippen LogP contribution in [-0.2, 0) is 17.8 Å². The highest BCUT2D eigenvalue weighted by Crippen LogP contribution is 2.17. The minimum atomic E-state index is -0.404. The zero-order valence-electron chi connectivity index (χ0n) is 14.3. The Hall–Kier alpha value is -3.29. The molecule has 134 valence electrons. The summed E-state index contributed by atoms with van der Waals surface area (Å²) in [5, 5.41) is 10.5. The number of nitrogens with one attached hydrogen (secondary N) is 1. The van der Waals surface area contributed by atoms with E-state index >= 15 is 0 Å². The summed E-state index contributed by atoms with van der Waals surface area (Å²) >= 11 is 0. The number of benzene rings is 1. The number of nitrogens with zero attached hydrogens (tertiary/aromatic N) is 3. The van der Waals surface area contributed by atoms with E-state index in [2.05, 4.69) is 15.5 Å². The van der Waals surface area contributed by atoms with Gasteiger partial charge in [0.2, 0.25) is 17.7 Å². The van der Waals surface area contributed by atoms with Crippen LogP contribution in [0, 0.1) is 12.7 Å². The Bertz CT molecular complexity index is 1010. The quantitative estimate of drug-likeness (QED) is 0.759. The number of rotatable bonds is 5. The lowest BCUT2D eigenvalue weighted by Crippen LogP contribution is -2.27. The third-order valence-corrected chi connectivity index (χ3v) is 3.78. The summed E-state index contributed by atoms with van der Waals surface area (Å²) in [4.78, 5) is 24.3. The van der Waals surface area contributed by atoms with Crippen molar-refractivity contribution in [2.24, 2.45) is 0 Å². The lowest BCUT2D eigenvalue weighted by atomic mass is 10.2. The minimum Gasteiger partial charge on any atom is -0.421 e. The second-order valence-corrected chi connectivity index (χ2v) is 5.75. The van der Waals surface area contributed by atoms with E-state index in [0.29, 0.717) is 29.1 Å². The highest BCUT2D eigenvalue weighted by Gasteiger charge is 2.12. The normalized spacial score (nSPS) is 10.7. The molecule has 0 saturated heterocycles. The number of hydrogen-bond acceptors (Lipinski definition) is 5. The third kappa shape index (κ3) is 3.85. The van der Waals surface area contributed by atoms with Crippen LogP contribution in [0.4, 0.5) is 10.1 Å². The Morgan fingerprint density at radius 3 is 2.77 bits per heavy atom. The van der Waals surface area contributed by atoms with Gasteiger partial charge in [-0.15, -0.1) is 10.2 Å². The van der Waals surface area contributed by atoms with Crippen LogP contribution in [-0.4, -0.2) is 20.7 Å². The molecule has 0 radical (unpaired) electrons. The zero-order valence-corrected chi connectivity index (χ0v) is 14.3. The number of pyridine rings is 1. The summed E-state index contributed by atoms with van der Waals surface area (Å²) in [6.07, 6.45) is 2.10. The number of halogens is 1. The number of carbonyl (C=O) groups excluding carboxylic acids is 1. The smallest absolute Gasteiger partial charge is 0.251 e. The molecule has 3 aromatic rings. The number of anilines is 1. The molecule has 26 heavy (non-hydrogen) atoms. The number of amides is 1. The molecule has 2 heterocycles. The molecule has 0 saturated carbocycles. The molecule has 1 amide bonds. The van der Waals surface area contributed by atoms with E-state index in [-0.39, 0.29) is 23.8 Å². The topological polar surface area (TPSA) is 90.0 Å². The third-order valence-electron chi connectivity index (χ3n) is 3.78. The molecule has 0 aliphatic rings. The summed E-state index contributed by atoms with van der Waals surface area (Å²) in [7, 11) is 0. The Morgan fingerprint density at radius 1 is 1.27 bits per heavy atom. The van der Waals surface area contributed by atoms with Crippen molar-refractivity contribution in [3.8, 4) is 11.5 Å². The van der Waals surface area contributed by atoms with Crippen molar-refractivity contribution in [3.05, 3.63) is 64.2 Å². The molecule has 0 atom stereocenters. The zero-order chi connectivity index (χ0) is 18.7. The standard InChI is InChI=1S/C18H17FN4O3/c1-3-16-21-22-18(26-16)12-4-7-17(25)23(9-12)10-15(24)20-14-6-5-13(19)8-11(14)2/h4-9H,3,10H2,1-2H3,(H,20,24). The number of carbonyl (C=O) groups is 1. The van der Waals surface area contributed by atoms with Crippen molar-refractivity contribution in [1.82, 2.24) is 14.8 Å². The lowest BCUT2D eigenvalue weighted by molar-refractivity contribution is -0.116. The van der Waals surface area contributed by atoms with Crippen molar-refractivity contribution in [3.63, 3.8) is 0 Å². The average Bonchev–Trinajstić information content (AvgIpc) is 3.08. The Labute approximate surface area is 148 Å². The summed E-state index contributed by atoms with van der Waals surface area (Å²) in [6, 6.07) is 6.96. The molecule has 0 unspecified atom stereocenters. The predicted octanol–water partition coefficient (Wildman–Crippen LogP) is 2.55. The molecule has 0 spiro atoms. The first kappa shape index (κ1) is 17.5. The molecule has 1 aromatic carbocycles. The summed E-state index contributed by atoms with van der Waals surface area (Å²) < 4.78 is 19.9. The molecule has 7 nitrogen and oxygen atoms in total. The van der Waals surface area contributed by atoms with Gasteiger partial charge < -0.3 is 14.3 Å². The van der Waals surface area contributed by atoms with Crippen LogP contribution < -0.4 is 10.9 Å². The average molecular weight is 356 g/mol. The van der Waals surface area contributed by atoms with E-state index in [0.717, 1.165) is 0 Å². The first-order valence-corrected chi connectivity index (χ1v) is 8.05. The first-order valence-electron chi connectivity index (χ1n) is 8.05. The van der Waals surface area contributed by atoms with E-state index in [1.165, 1.54) is 35.0 Å². The van der Waals surface area contributed by atoms with Gasteiger partial charge in [0.05, 0.1) is 5.56 Å². The lowest BCUT2D eigenvalue weighted by Gasteiger charge is -2.10. The maximum absolute atomic E-state index is 13.1. The minimum absolute atomic E-state index is 0.196. The highest BCUT2D eigenvalue weighted by atomic mass is 19.1. The Balaban J connectivity index is 1.79. The summed E-state index contributed by atoms with van der Waals surface area (Å²) in [5.74, 6) is -0.0122. The maximum atomic E-state index is 13.1. The first-order chi connectivity index (χ1) is 12.5. The van der Waals surface area contributed by atoms with E-state index in [1.54, 1.807) is 13.0 Å². The van der Waals surface area contributed by atoms with E-state index in [1.807, 2.05) is 6.92 Å². The van der Waals surface area contributed by atoms with Crippen LogP contribution in [0.15, 0.2) is 45.7 Å². The van der Waals surface area contributed by atoms with Crippen LogP contribution in [0.5, 0.6) is 0 Å². The van der Waals surface area contributed by atoms with Crippen molar-refractivity contribution in [2.75, 3.05) is 5.32 Å². The van der Waals surface area contributed by atoms with Crippen LogP contribution >= 0.6 is 0 Å². The highest BCUT2D eigenvalue weighted by molar-refractivity contribution is 5.91. The van der Waals surface area contributed by atoms with Gasteiger partial charge in [0.1, 0.15) is 12.4 Å². The predicted molar refractivity (Wildman–Crippen MR) is 93.1 cm³/mol. The largest absolute Gasteiger partial charge is 0.421 e. The van der Waals surface area contributed by atoms with Crippen LogP contribution in [0.2, 0.25) is 0 Å². The van der Waals surface area contributed by atoms with Gasteiger partial charge in [-0.1, -0.05) is 6.92 Å². The van der Waals surface area contributed by atoms with Crippen LogP contribution in [0.1, 0.15) is 18.4 Å². The fraction of sp³-hybridized carbons (Fsp3) is 0.222. The Morgan fingerprint density at radius 2 is 2.08 bits per heavy atom. The molecule has 8 heteroatoms. The van der Waals surface area contributed by atoms with Gasteiger partial charge >= 0.3 is 0 Å². The van der Waals surface area contributed by atoms with Crippen LogP contribution in [0.3, 0.4) is 0 Å². The van der Waals surface area contributed by atoms with Crippen molar-refractivity contribution >= 4 is 11.6 Å². The molecular formula is C18H17FN4O3. The Kier molecular flexibility index (Phi) is 4.92. The van der Waals surface area contributed by atoms with E-state index in [9.17, 15) is 14.0 Å². The van der Waals surface area contributed by atoms with Gasteiger partial charge in [-0.25, -0.2) is 4.39 Å². The van der Waals surface area contributed by atoms with Crippen molar-refractivity contribution < 1.29 is 13.6 Å². The molecule has 0 bridgehead atoms.